The highest BCUT2D eigenvalue weighted by atomic mass is 35.5. The van der Waals surface area contributed by atoms with Gasteiger partial charge in [0, 0.05) is 36.1 Å². The van der Waals surface area contributed by atoms with Gasteiger partial charge in [-0.15, -0.1) is 0 Å². The van der Waals surface area contributed by atoms with E-state index in [1.807, 2.05) is 61.5 Å². The van der Waals surface area contributed by atoms with Crippen LogP contribution in [0.15, 0.2) is 60.7 Å². The minimum absolute atomic E-state index is 0.416. The minimum atomic E-state index is -0.974. The summed E-state index contributed by atoms with van der Waals surface area (Å²) in [7, 11) is 0. The number of nitrogens with zero attached hydrogens (tertiary/aromatic N) is 3. The number of aromatic nitrogens is 2. The Bertz CT molecular complexity index is 1220. The van der Waals surface area contributed by atoms with Crippen LogP contribution in [-0.2, 0) is 25.6 Å². The maximum absolute atomic E-state index is 12.5. The quantitative estimate of drug-likeness (QED) is 0.360. The summed E-state index contributed by atoms with van der Waals surface area (Å²) in [6, 6.07) is 17.4. The SMILES string of the molecule is Cc1nn(Cc2ccccc2)c(Cl)c1/C=C/C(=O)O[C@@H](C)C(=O)Nc1ccc(N2CCOCC2)cc1. The zero-order chi connectivity index (χ0) is 25.5. The van der Waals surface area contributed by atoms with E-state index in [0.717, 1.165) is 24.3 Å². The fourth-order valence-electron chi connectivity index (χ4n) is 3.86. The van der Waals surface area contributed by atoms with Gasteiger partial charge in [-0.2, -0.15) is 5.10 Å². The molecular formula is C27H29ClN4O4. The van der Waals surface area contributed by atoms with Crippen molar-refractivity contribution in [2.45, 2.75) is 26.5 Å². The van der Waals surface area contributed by atoms with Crippen molar-refractivity contribution in [2.75, 3.05) is 36.5 Å². The van der Waals surface area contributed by atoms with Crippen LogP contribution in [0.25, 0.3) is 6.08 Å². The standard InChI is InChI=1S/C27H29ClN4O4/c1-19-24(26(28)32(30-19)18-21-6-4-3-5-7-21)12-13-25(33)36-20(2)27(34)29-22-8-10-23(11-9-22)31-14-16-35-17-15-31/h3-13,20H,14-18H2,1-2H3,(H,29,34)/b13-12+/t20-/m0/s1. The van der Waals surface area contributed by atoms with Crippen molar-refractivity contribution in [1.82, 2.24) is 9.78 Å². The van der Waals surface area contributed by atoms with Crippen LogP contribution in [0.5, 0.6) is 0 Å². The first-order valence-electron chi connectivity index (χ1n) is 11.8. The van der Waals surface area contributed by atoms with Gasteiger partial charge in [-0.25, -0.2) is 9.48 Å². The van der Waals surface area contributed by atoms with Crippen LogP contribution >= 0.6 is 11.6 Å². The molecular weight excluding hydrogens is 480 g/mol. The van der Waals surface area contributed by atoms with Crippen LogP contribution in [-0.4, -0.2) is 54.1 Å². The van der Waals surface area contributed by atoms with E-state index < -0.39 is 18.0 Å². The molecule has 0 unspecified atom stereocenters. The lowest BCUT2D eigenvalue weighted by Crippen LogP contribution is -2.36. The molecule has 1 atom stereocenters. The molecule has 4 rings (SSSR count). The molecule has 3 aromatic rings. The van der Waals surface area contributed by atoms with Gasteiger partial charge in [-0.3, -0.25) is 4.79 Å². The predicted octanol–water partition coefficient (Wildman–Crippen LogP) is 4.31. The Morgan fingerprint density at radius 2 is 1.83 bits per heavy atom. The molecule has 188 valence electrons. The lowest BCUT2D eigenvalue weighted by molar-refractivity contribution is -0.148. The highest BCUT2D eigenvalue weighted by Gasteiger charge is 2.18. The van der Waals surface area contributed by atoms with Crippen molar-refractivity contribution in [3.8, 4) is 0 Å². The zero-order valence-corrected chi connectivity index (χ0v) is 21.1. The summed E-state index contributed by atoms with van der Waals surface area (Å²) < 4.78 is 12.3. The number of carbonyl (C=O) groups is 2. The maximum atomic E-state index is 12.5. The van der Waals surface area contributed by atoms with E-state index in [9.17, 15) is 9.59 Å². The van der Waals surface area contributed by atoms with E-state index in [0.29, 0.717) is 41.9 Å². The van der Waals surface area contributed by atoms with Crippen molar-refractivity contribution in [2.24, 2.45) is 0 Å². The zero-order valence-electron chi connectivity index (χ0n) is 20.3. The number of carbonyl (C=O) groups excluding carboxylic acids is 2. The van der Waals surface area contributed by atoms with E-state index in [2.05, 4.69) is 15.3 Å². The van der Waals surface area contributed by atoms with Gasteiger partial charge < -0.3 is 19.7 Å². The fraction of sp³-hybridized carbons (Fsp3) is 0.296. The van der Waals surface area contributed by atoms with Gasteiger partial charge in [0.25, 0.3) is 5.91 Å². The number of ether oxygens (including phenoxy) is 2. The van der Waals surface area contributed by atoms with Crippen LogP contribution < -0.4 is 10.2 Å². The van der Waals surface area contributed by atoms with Gasteiger partial charge in [-0.05, 0) is 49.8 Å². The molecule has 1 aromatic heterocycles. The number of morpholine rings is 1. The van der Waals surface area contributed by atoms with Crippen LogP contribution in [0, 0.1) is 6.92 Å². The van der Waals surface area contributed by atoms with Gasteiger partial charge in [0.2, 0.25) is 0 Å². The monoisotopic (exact) mass is 508 g/mol. The molecule has 1 aliphatic heterocycles. The largest absolute Gasteiger partial charge is 0.449 e. The molecule has 0 bridgehead atoms. The summed E-state index contributed by atoms with van der Waals surface area (Å²) >= 11 is 6.49. The first kappa shape index (κ1) is 25.5. The summed E-state index contributed by atoms with van der Waals surface area (Å²) in [5, 5.41) is 7.66. The van der Waals surface area contributed by atoms with Crippen LogP contribution in [0.2, 0.25) is 5.15 Å². The predicted molar refractivity (Wildman–Crippen MR) is 140 cm³/mol. The number of amides is 1. The number of rotatable bonds is 8. The van der Waals surface area contributed by atoms with Crippen molar-refractivity contribution < 1.29 is 19.1 Å². The molecule has 36 heavy (non-hydrogen) atoms. The third-order valence-electron chi connectivity index (χ3n) is 5.84. The van der Waals surface area contributed by atoms with E-state index in [1.54, 1.807) is 10.8 Å². The summed E-state index contributed by atoms with van der Waals surface area (Å²) in [5.74, 6) is -1.06. The van der Waals surface area contributed by atoms with E-state index >= 15 is 0 Å². The van der Waals surface area contributed by atoms with Crippen molar-refractivity contribution in [3.05, 3.63) is 82.6 Å². The maximum Gasteiger partial charge on any atom is 0.331 e. The number of benzene rings is 2. The average Bonchev–Trinajstić information content (AvgIpc) is 3.16. The van der Waals surface area contributed by atoms with Crippen LogP contribution in [0.4, 0.5) is 11.4 Å². The first-order valence-corrected chi connectivity index (χ1v) is 12.2. The van der Waals surface area contributed by atoms with Gasteiger partial charge in [0.15, 0.2) is 6.10 Å². The Hall–Kier alpha value is -3.62. The topological polar surface area (TPSA) is 85.7 Å². The van der Waals surface area contributed by atoms with Crippen molar-refractivity contribution in [3.63, 3.8) is 0 Å². The number of nitrogens with one attached hydrogen (secondary N) is 1. The molecule has 0 aliphatic carbocycles. The summed E-state index contributed by atoms with van der Waals surface area (Å²) in [5.41, 5.74) is 4.08. The van der Waals surface area contributed by atoms with Gasteiger partial charge in [-0.1, -0.05) is 41.9 Å². The molecule has 2 heterocycles. The smallest absolute Gasteiger partial charge is 0.331 e. The highest BCUT2D eigenvalue weighted by Crippen LogP contribution is 2.23. The molecule has 1 aliphatic rings. The average molecular weight is 509 g/mol. The molecule has 1 saturated heterocycles. The molecule has 2 aromatic carbocycles. The first-order chi connectivity index (χ1) is 17.4. The Labute approximate surface area is 215 Å². The van der Waals surface area contributed by atoms with E-state index in [-0.39, 0.29) is 0 Å². The third-order valence-corrected chi connectivity index (χ3v) is 6.24. The molecule has 1 N–H and O–H groups in total. The second-order valence-corrected chi connectivity index (χ2v) is 8.84. The van der Waals surface area contributed by atoms with Gasteiger partial charge in [0.1, 0.15) is 5.15 Å². The second kappa shape index (κ2) is 11.9. The molecule has 0 radical (unpaired) electrons. The number of hydrogen-bond donors (Lipinski definition) is 1. The molecule has 1 fully saturated rings. The van der Waals surface area contributed by atoms with E-state index in [1.165, 1.54) is 13.0 Å². The fourth-order valence-corrected chi connectivity index (χ4v) is 4.15. The summed E-state index contributed by atoms with van der Waals surface area (Å²) in [6.07, 6.45) is 1.84. The lowest BCUT2D eigenvalue weighted by Gasteiger charge is -2.28. The molecule has 9 heteroatoms. The normalized spacial score (nSPS) is 14.6. The Morgan fingerprint density at radius 1 is 1.14 bits per heavy atom. The number of aryl methyl sites for hydroxylation is 1. The van der Waals surface area contributed by atoms with Crippen LogP contribution in [0.3, 0.4) is 0 Å². The number of halogens is 1. The summed E-state index contributed by atoms with van der Waals surface area (Å²) in [6.45, 7) is 6.95. The van der Waals surface area contributed by atoms with Crippen molar-refractivity contribution >= 4 is 40.9 Å². The number of esters is 1. The second-order valence-electron chi connectivity index (χ2n) is 8.48. The van der Waals surface area contributed by atoms with Crippen molar-refractivity contribution in [1.29, 1.82) is 0 Å². The Balaban J connectivity index is 1.30. The number of hydrogen-bond acceptors (Lipinski definition) is 6. The van der Waals surface area contributed by atoms with E-state index in [4.69, 9.17) is 21.1 Å². The Morgan fingerprint density at radius 3 is 2.53 bits per heavy atom. The molecule has 1 amide bonds. The Kier molecular flexibility index (Phi) is 8.40. The third kappa shape index (κ3) is 6.53. The van der Waals surface area contributed by atoms with Gasteiger partial charge in [0.05, 0.1) is 25.5 Å². The molecule has 0 saturated carbocycles. The van der Waals surface area contributed by atoms with Crippen LogP contribution in [0.1, 0.15) is 23.7 Å². The minimum Gasteiger partial charge on any atom is -0.449 e. The number of anilines is 2. The highest BCUT2D eigenvalue weighted by molar-refractivity contribution is 6.31. The summed E-state index contributed by atoms with van der Waals surface area (Å²) in [4.78, 5) is 27.1. The molecule has 8 nitrogen and oxygen atoms in total. The van der Waals surface area contributed by atoms with Gasteiger partial charge >= 0.3 is 5.97 Å². The lowest BCUT2D eigenvalue weighted by atomic mass is 10.2. The molecule has 0 spiro atoms.